The number of carbonyl (C=O) groups excluding carboxylic acids is 2. The van der Waals surface area contributed by atoms with Crippen molar-refractivity contribution in [2.75, 3.05) is 12.9 Å². The number of carboxylic acids is 1. The van der Waals surface area contributed by atoms with Crippen LogP contribution in [0.15, 0.2) is 90.1 Å². The van der Waals surface area contributed by atoms with Gasteiger partial charge in [-0.3, -0.25) is 14.4 Å². The smallest absolute Gasteiger partial charge is 0.325 e. The van der Waals surface area contributed by atoms with E-state index in [4.69, 9.17) is 4.74 Å². The predicted molar refractivity (Wildman–Crippen MR) is 187 cm³/mol. The van der Waals surface area contributed by atoms with E-state index in [-0.39, 0.29) is 16.9 Å². The van der Waals surface area contributed by atoms with Gasteiger partial charge in [0.05, 0.1) is 11.5 Å². The minimum Gasteiger partial charge on any atom is -0.494 e. The zero-order valence-corrected chi connectivity index (χ0v) is 28.7. The van der Waals surface area contributed by atoms with Crippen molar-refractivity contribution < 1.29 is 32.6 Å². The monoisotopic (exact) mass is 686 g/mol. The number of nitrogens with one attached hydrogen (secondary N) is 2. The van der Waals surface area contributed by atoms with Crippen molar-refractivity contribution in [2.24, 2.45) is 0 Å². The van der Waals surface area contributed by atoms with Crippen molar-refractivity contribution in [3.8, 4) is 28.3 Å². The molecule has 3 N–H and O–H groups in total. The highest BCUT2D eigenvalue weighted by Gasteiger charge is 2.25. The minimum absolute atomic E-state index is 0.0511. The molecule has 2 amide bonds. The molecule has 0 aliphatic rings. The van der Waals surface area contributed by atoms with E-state index in [9.17, 15) is 27.9 Å². The Morgan fingerprint density at radius 3 is 2.00 bits per heavy atom. The van der Waals surface area contributed by atoms with Gasteiger partial charge in [0, 0.05) is 41.8 Å². The third-order valence-corrected chi connectivity index (χ3v) is 9.03. The molecule has 0 saturated heterocycles. The van der Waals surface area contributed by atoms with E-state index in [0.29, 0.717) is 18.0 Å². The van der Waals surface area contributed by atoms with Crippen LogP contribution in [0.5, 0.6) is 5.75 Å². The molecule has 0 fully saturated rings. The van der Waals surface area contributed by atoms with E-state index >= 15 is 0 Å². The molecule has 0 radical (unpaired) electrons. The van der Waals surface area contributed by atoms with Crippen molar-refractivity contribution >= 4 is 27.6 Å². The summed E-state index contributed by atoms with van der Waals surface area (Å²) >= 11 is 0. The fourth-order valence-corrected chi connectivity index (χ4v) is 5.60. The fourth-order valence-electron chi connectivity index (χ4n) is 4.97. The molecule has 4 aromatic rings. The van der Waals surface area contributed by atoms with Crippen LogP contribution < -0.4 is 15.4 Å². The molecular weight excluding hydrogens is 644 g/mol. The van der Waals surface area contributed by atoms with Crippen LogP contribution in [0.4, 0.5) is 0 Å². The summed E-state index contributed by atoms with van der Waals surface area (Å²) in [6.45, 7) is 4.23. The molecule has 1 heterocycles. The Balaban J connectivity index is 1.40. The number of unbranched alkanes of at least 4 members (excludes halogenated alkanes) is 4. The Morgan fingerprint density at radius 2 is 1.41 bits per heavy atom. The lowest BCUT2D eigenvalue weighted by Crippen LogP contribution is -2.51. The van der Waals surface area contributed by atoms with Crippen LogP contribution in [0.2, 0.25) is 0 Å². The summed E-state index contributed by atoms with van der Waals surface area (Å²) in [6.07, 6.45) is 10.6. The van der Waals surface area contributed by atoms with Crippen LogP contribution in [-0.4, -0.2) is 66.2 Å². The first-order valence-electron chi connectivity index (χ1n) is 16.2. The number of rotatable bonds is 17. The van der Waals surface area contributed by atoms with Gasteiger partial charge in [-0.2, -0.15) is 0 Å². The van der Waals surface area contributed by atoms with Crippen molar-refractivity contribution in [1.29, 1.82) is 0 Å². The second-order valence-electron chi connectivity index (χ2n) is 11.9. The Hall–Kier alpha value is -5.10. The van der Waals surface area contributed by atoms with Crippen LogP contribution in [0, 0.1) is 0 Å². The maximum absolute atomic E-state index is 13.1. The highest BCUT2D eigenvalue weighted by molar-refractivity contribution is 7.90. The Labute approximate surface area is 287 Å². The fraction of sp³-hybridized carbons (Fsp3) is 0.324. The molecular formula is C37H42N4O7S. The number of aromatic nitrogens is 2. The van der Waals surface area contributed by atoms with Gasteiger partial charge < -0.3 is 20.5 Å². The SMILES string of the molecule is CCCCCCCOc1ccc(-c2cnc(-c3ccc(CC(NC(=O)c4ccc(S(C)(=O)=O)cc4)C(=O)NC(C)C(=O)O)cc3)nc2)cc1. The highest BCUT2D eigenvalue weighted by Crippen LogP contribution is 2.24. The minimum atomic E-state index is -3.45. The molecule has 0 bridgehead atoms. The molecule has 2 unspecified atom stereocenters. The Kier molecular flexibility index (Phi) is 13.0. The van der Waals surface area contributed by atoms with Gasteiger partial charge in [0.25, 0.3) is 5.91 Å². The van der Waals surface area contributed by atoms with Crippen LogP contribution in [0.3, 0.4) is 0 Å². The van der Waals surface area contributed by atoms with Gasteiger partial charge in [-0.15, -0.1) is 0 Å². The molecule has 258 valence electrons. The van der Waals surface area contributed by atoms with Crippen molar-refractivity contribution in [3.63, 3.8) is 0 Å². The van der Waals surface area contributed by atoms with Gasteiger partial charge in [-0.05, 0) is 60.9 Å². The average molecular weight is 687 g/mol. The standard InChI is InChI=1S/C37H42N4O7S/c1-4-5-6-7-8-21-48-31-17-13-27(14-18-31)30-23-38-34(39-24-30)28-11-9-26(10-12-28)22-33(36(43)40-25(2)37(44)45)41-35(42)29-15-19-32(20-16-29)49(3,46)47/h9-20,23-25,33H,4-8,21-22H2,1-3H3,(H,40,43)(H,41,42)(H,44,45). The predicted octanol–water partition coefficient (Wildman–Crippen LogP) is 5.49. The van der Waals surface area contributed by atoms with Crippen molar-refractivity contribution in [3.05, 3.63) is 96.3 Å². The second-order valence-corrected chi connectivity index (χ2v) is 13.9. The first kappa shape index (κ1) is 36.7. The zero-order valence-electron chi connectivity index (χ0n) is 27.9. The first-order chi connectivity index (χ1) is 23.4. The second kappa shape index (κ2) is 17.3. The highest BCUT2D eigenvalue weighted by atomic mass is 32.2. The van der Waals surface area contributed by atoms with Gasteiger partial charge >= 0.3 is 5.97 Å². The van der Waals surface area contributed by atoms with Crippen molar-refractivity contribution in [2.45, 2.75) is 69.4 Å². The maximum atomic E-state index is 13.1. The number of aliphatic carboxylic acids is 1. The molecule has 1 aromatic heterocycles. The third kappa shape index (κ3) is 11.0. The summed E-state index contributed by atoms with van der Waals surface area (Å²) in [7, 11) is -3.45. The number of carboxylic acid groups (broad SMARTS) is 1. The lowest BCUT2D eigenvalue weighted by atomic mass is 10.0. The quantitative estimate of drug-likeness (QED) is 0.122. The van der Waals surface area contributed by atoms with Crippen LogP contribution in [-0.2, 0) is 25.8 Å². The van der Waals surface area contributed by atoms with Crippen LogP contribution in [0.1, 0.15) is 61.9 Å². The normalized spacial score (nSPS) is 12.5. The lowest BCUT2D eigenvalue weighted by Gasteiger charge is -2.20. The first-order valence-corrected chi connectivity index (χ1v) is 18.1. The summed E-state index contributed by atoms with van der Waals surface area (Å²) in [4.78, 5) is 46.6. The summed E-state index contributed by atoms with van der Waals surface area (Å²) in [5.74, 6) is -1.18. The number of nitrogens with zero attached hydrogens (tertiary/aromatic N) is 2. The lowest BCUT2D eigenvalue weighted by molar-refractivity contribution is -0.141. The molecule has 0 aliphatic heterocycles. The summed E-state index contributed by atoms with van der Waals surface area (Å²) in [5, 5.41) is 14.3. The number of hydrogen-bond donors (Lipinski definition) is 3. The molecule has 0 saturated carbocycles. The third-order valence-electron chi connectivity index (χ3n) is 7.90. The largest absolute Gasteiger partial charge is 0.494 e. The van der Waals surface area contributed by atoms with E-state index in [1.54, 1.807) is 36.7 Å². The molecule has 4 rings (SSSR count). The number of ether oxygens (including phenoxy) is 1. The molecule has 12 heteroatoms. The number of hydrogen-bond acceptors (Lipinski definition) is 8. The van der Waals surface area contributed by atoms with Gasteiger partial charge in [0.1, 0.15) is 17.8 Å². The maximum Gasteiger partial charge on any atom is 0.325 e. The topological polar surface area (TPSA) is 165 Å². The summed E-state index contributed by atoms with van der Waals surface area (Å²) in [5.41, 5.74) is 3.41. The number of sulfone groups is 1. The Bertz CT molecular complexity index is 1810. The van der Waals surface area contributed by atoms with E-state index in [1.165, 1.54) is 56.9 Å². The Morgan fingerprint density at radius 1 is 0.796 bits per heavy atom. The van der Waals surface area contributed by atoms with Crippen molar-refractivity contribution in [1.82, 2.24) is 20.6 Å². The van der Waals surface area contributed by atoms with E-state index in [1.807, 2.05) is 24.3 Å². The van der Waals surface area contributed by atoms with Gasteiger partial charge in [-0.1, -0.05) is 69.0 Å². The van der Waals surface area contributed by atoms with Gasteiger partial charge in [-0.25, -0.2) is 18.4 Å². The van der Waals surface area contributed by atoms with Gasteiger partial charge in [0.15, 0.2) is 15.7 Å². The molecule has 2 atom stereocenters. The number of benzene rings is 3. The zero-order chi connectivity index (χ0) is 35.4. The number of amides is 2. The van der Waals surface area contributed by atoms with E-state index < -0.39 is 39.7 Å². The van der Waals surface area contributed by atoms with Crippen LogP contribution >= 0.6 is 0 Å². The number of carbonyl (C=O) groups is 3. The van der Waals surface area contributed by atoms with E-state index in [0.717, 1.165) is 35.1 Å². The summed E-state index contributed by atoms with van der Waals surface area (Å²) in [6, 6.07) is 18.0. The van der Waals surface area contributed by atoms with E-state index in [2.05, 4.69) is 27.5 Å². The van der Waals surface area contributed by atoms with Crippen LogP contribution in [0.25, 0.3) is 22.5 Å². The molecule has 49 heavy (non-hydrogen) atoms. The van der Waals surface area contributed by atoms with Gasteiger partial charge in [0.2, 0.25) is 5.91 Å². The molecule has 11 nitrogen and oxygen atoms in total. The molecule has 3 aromatic carbocycles. The molecule has 0 aliphatic carbocycles. The average Bonchev–Trinajstić information content (AvgIpc) is 3.09. The molecule has 0 spiro atoms. The summed E-state index contributed by atoms with van der Waals surface area (Å²) < 4.78 is 29.4.